The molecule has 0 fully saturated rings. The molecule has 0 amide bonds. The van der Waals surface area contributed by atoms with Gasteiger partial charge in [0.25, 0.3) is 0 Å². The van der Waals surface area contributed by atoms with Gasteiger partial charge in [-0.25, -0.2) is 9.98 Å². The van der Waals surface area contributed by atoms with E-state index in [4.69, 9.17) is 14.4 Å². The first-order valence-electron chi connectivity index (χ1n) is 9.44. The van der Waals surface area contributed by atoms with Crippen LogP contribution in [0.4, 0.5) is 5.13 Å². The van der Waals surface area contributed by atoms with E-state index in [1.807, 2.05) is 30.3 Å². The number of aromatic nitrogens is 1. The number of aryl methyl sites for hydroxylation is 1. The fourth-order valence-corrected chi connectivity index (χ4v) is 5.33. The van der Waals surface area contributed by atoms with Crippen LogP contribution in [0.5, 0.6) is 0 Å². The fraction of sp³-hybridized carbons (Fsp3) is 0.0833. The summed E-state index contributed by atoms with van der Waals surface area (Å²) < 4.78 is 6.21. The maximum Gasteiger partial charge on any atom is 0.210 e. The van der Waals surface area contributed by atoms with Crippen LogP contribution in [0.1, 0.15) is 4.88 Å². The van der Waals surface area contributed by atoms with Gasteiger partial charge in [0, 0.05) is 26.8 Å². The van der Waals surface area contributed by atoms with E-state index >= 15 is 0 Å². The molecule has 3 aromatic heterocycles. The molecule has 6 heteroatoms. The average Bonchev–Trinajstić information content (AvgIpc) is 3.43. The van der Waals surface area contributed by atoms with E-state index in [1.165, 1.54) is 14.6 Å². The van der Waals surface area contributed by atoms with Gasteiger partial charge in [-0.1, -0.05) is 41.7 Å². The highest BCUT2D eigenvalue weighted by Gasteiger charge is 2.11. The standard InChI is InChI=1S/C24H18N2OS3/c1-15-23(22-8-5-13-29-22)26-24(30-15)25-19-14-21(16-9-11-17(28-2)12-10-16)27-20-7-4-3-6-18(19)20/h3-14H,1-2H3. The number of fused-ring (bicyclic) bond motifs is 1. The SMILES string of the molecule is CSc1ccc(-c2cc(=Nc3nc(-c4cccs4)c(C)s3)c3ccccc3o2)cc1. The summed E-state index contributed by atoms with van der Waals surface area (Å²) in [6.45, 7) is 2.10. The third-order valence-electron chi connectivity index (χ3n) is 4.78. The molecule has 30 heavy (non-hydrogen) atoms. The van der Waals surface area contributed by atoms with Crippen molar-refractivity contribution < 1.29 is 4.42 Å². The van der Waals surface area contributed by atoms with Gasteiger partial charge in [-0.05, 0) is 48.9 Å². The Morgan fingerprint density at radius 2 is 1.83 bits per heavy atom. The number of hydrogen-bond acceptors (Lipinski definition) is 6. The van der Waals surface area contributed by atoms with Crippen molar-refractivity contribution in [2.45, 2.75) is 11.8 Å². The number of thiophene rings is 1. The summed E-state index contributed by atoms with van der Waals surface area (Å²) in [6.07, 6.45) is 2.08. The Morgan fingerprint density at radius 3 is 2.60 bits per heavy atom. The zero-order valence-electron chi connectivity index (χ0n) is 16.5. The summed E-state index contributed by atoms with van der Waals surface area (Å²) >= 11 is 5.05. The van der Waals surface area contributed by atoms with Crippen molar-refractivity contribution in [3.05, 3.63) is 82.3 Å². The second kappa shape index (κ2) is 8.22. The summed E-state index contributed by atoms with van der Waals surface area (Å²) in [6, 6.07) is 22.6. The third-order valence-corrected chi connectivity index (χ3v) is 7.27. The quantitative estimate of drug-likeness (QED) is 0.268. The molecule has 0 unspecified atom stereocenters. The zero-order valence-corrected chi connectivity index (χ0v) is 18.9. The van der Waals surface area contributed by atoms with E-state index in [0.29, 0.717) is 0 Å². The summed E-state index contributed by atoms with van der Waals surface area (Å²) in [5.41, 5.74) is 2.87. The third kappa shape index (κ3) is 3.74. The zero-order chi connectivity index (χ0) is 20.5. The maximum absolute atomic E-state index is 6.21. The molecule has 0 aliphatic carbocycles. The molecule has 2 aromatic carbocycles. The molecule has 3 heterocycles. The van der Waals surface area contributed by atoms with Crippen molar-refractivity contribution in [2.24, 2.45) is 4.99 Å². The Bertz CT molecular complexity index is 1380. The fourth-order valence-electron chi connectivity index (χ4n) is 3.28. The van der Waals surface area contributed by atoms with Crippen LogP contribution < -0.4 is 5.36 Å². The van der Waals surface area contributed by atoms with Gasteiger partial charge >= 0.3 is 0 Å². The van der Waals surface area contributed by atoms with Crippen LogP contribution in [0.3, 0.4) is 0 Å². The van der Waals surface area contributed by atoms with E-state index in [2.05, 4.69) is 55.0 Å². The van der Waals surface area contributed by atoms with E-state index < -0.39 is 0 Å². The molecule has 5 aromatic rings. The number of benzene rings is 2. The lowest BCUT2D eigenvalue weighted by molar-refractivity contribution is 0.618. The van der Waals surface area contributed by atoms with Gasteiger partial charge in [0.1, 0.15) is 11.3 Å². The lowest BCUT2D eigenvalue weighted by Crippen LogP contribution is -2.02. The Kier molecular flexibility index (Phi) is 5.29. The molecule has 0 saturated heterocycles. The number of hydrogen-bond donors (Lipinski definition) is 0. The Labute approximate surface area is 186 Å². The minimum Gasteiger partial charge on any atom is -0.456 e. The van der Waals surface area contributed by atoms with Crippen LogP contribution in [0.2, 0.25) is 0 Å². The topological polar surface area (TPSA) is 38.4 Å². The molecule has 0 aliphatic rings. The minimum absolute atomic E-state index is 0.760. The molecule has 5 rings (SSSR count). The first-order chi connectivity index (χ1) is 14.7. The highest BCUT2D eigenvalue weighted by Crippen LogP contribution is 2.34. The molecule has 3 nitrogen and oxygen atoms in total. The Hall–Kier alpha value is -2.67. The monoisotopic (exact) mass is 446 g/mol. The van der Waals surface area contributed by atoms with Crippen molar-refractivity contribution in [3.63, 3.8) is 0 Å². The van der Waals surface area contributed by atoms with Crippen LogP contribution in [0.25, 0.3) is 32.9 Å². The minimum atomic E-state index is 0.760. The molecule has 148 valence electrons. The number of thioether (sulfide) groups is 1. The largest absolute Gasteiger partial charge is 0.456 e. The van der Waals surface area contributed by atoms with E-state index in [0.717, 1.165) is 38.5 Å². The van der Waals surface area contributed by atoms with Crippen molar-refractivity contribution >= 4 is 50.5 Å². The number of para-hydroxylation sites is 1. The molecule has 0 radical (unpaired) electrons. The highest BCUT2D eigenvalue weighted by molar-refractivity contribution is 7.98. The van der Waals surface area contributed by atoms with Crippen molar-refractivity contribution in [1.29, 1.82) is 0 Å². The number of thiazole rings is 1. The van der Waals surface area contributed by atoms with Gasteiger partial charge in [-0.3, -0.25) is 0 Å². The Balaban J connectivity index is 1.67. The molecule has 0 N–H and O–H groups in total. The summed E-state index contributed by atoms with van der Waals surface area (Å²) in [5.74, 6) is 0.798. The molecule has 0 spiro atoms. The first kappa shape index (κ1) is 19.3. The summed E-state index contributed by atoms with van der Waals surface area (Å²) in [4.78, 5) is 13.3. The number of rotatable bonds is 4. The average molecular weight is 447 g/mol. The molecular formula is C24H18N2OS3. The predicted octanol–water partition coefficient (Wildman–Crippen LogP) is 7.55. The smallest absolute Gasteiger partial charge is 0.210 e. The van der Waals surface area contributed by atoms with Crippen molar-refractivity contribution in [3.8, 4) is 21.9 Å². The molecule has 0 saturated carbocycles. The van der Waals surface area contributed by atoms with Gasteiger partial charge in [-0.15, -0.1) is 23.1 Å². The lowest BCUT2D eigenvalue weighted by atomic mass is 10.1. The predicted molar refractivity (Wildman–Crippen MR) is 129 cm³/mol. The van der Waals surface area contributed by atoms with E-state index in [9.17, 15) is 0 Å². The van der Waals surface area contributed by atoms with Crippen LogP contribution >= 0.6 is 34.4 Å². The lowest BCUT2D eigenvalue weighted by Gasteiger charge is -2.05. The van der Waals surface area contributed by atoms with Gasteiger partial charge in [-0.2, -0.15) is 0 Å². The van der Waals surface area contributed by atoms with E-state index in [-0.39, 0.29) is 0 Å². The molecular weight excluding hydrogens is 428 g/mol. The normalized spacial score (nSPS) is 12.0. The summed E-state index contributed by atoms with van der Waals surface area (Å²) in [5, 5.41) is 4.68. The van der Waals surface area contributed by atoms with Crippen molar-refractivity contribution in [2.75, 3.05) is 6.26 Å². The van der Waals surface area contributed by atoms with Gasteiger partial charge in [0.15, 0.2) is 0 Å². The van der Waals surface area contributed by atoms with Crippen LogP contribution in [-0.2, 0) is 0 Å². The second-order valence-corrected chi connectivity index (χ2v) is 9.72. The number of nitrogens with zero attached hydrogens (tertiary/aromatic N) is 2. The summed E-state index contributed by atoms with van der Waals surface area (Å²) in [7, 11) is 0. The maximum atomic E-state index is 6.21. The van der Waals surface area contributed by atoms with Gasteiger partial charge < -0.3 is 4.42 Å². The van der Waals surface area contributed by atoms with Crippen molar-refractivity contribution in [1.82, 2.24) is 4.98 Å². The van der Waals surface area contributed by atoms with Crippen LogP contribution in [0.15, 0.2) is 86.4 Å². The molecule has 0 bridgehead atoms. The second-order valence-electron chi connectivity index (χ2n) is 6.71. The van der Waals surface area contributed by atoms with Gasteiger partial charge in [0.2, 0.25) is 5.13 Å². The first-order valence-corrected chi connectivity index (χ1v) is 12.4. The highest BCUT2D eigenvalue weighted by atomic mass is 32.2. The van der Waals surface area contributed by atoms with Gasteiger partial charge in [0.05, 0.1) is 15.9 Å². The molecule has 0 atom stereocenters. The van der Waals surface area contributed by atoms with Crippen LogP contribution in [-0.4, -0.2) is 11.2 Å². The molecule has 0 aliphatic heterocycles. The van der Waals surface area contributed by atoms with Crippen LogP contribution in [0, 0.1) is 6.92 Å². The Morgan fingerprint density at radius 1 is 1.00 bits per heavy atom. The van der Waals surface area contributed by atoms with E-state index in [1.54, 1.807) is 34.4 Å².